The maximum atomic E-state index is 6.18. The van der Waals surface area contributed by atoms with Gasteiger partial charge in [-0.3, -0.25) is 0 Å². The third-order valence-corrected chi connectivity index (χ3v) is 8.31. The minimum absolute atomic E-state index is 0.466. The van der Waals surface area contributed by atoms with Crippen LogP contribution in [0.25, 0.3) is 0 Å². The molecule has 0 amide bonds. The van der Waals surface area contributed by atoms with Crippen LogP contribution in [0.15, 0.2) is 0 Å². The van der Waals surface area contributed by atoms with Crippen molar-refractivity contribution in [2.75, 3.05) is 0 Å². The lowest BCUT2D eigenvalue weighted by Crippen LogP contribution is -2.24. The molecule has 0 aromatic carbocycles. The first-order valence-corrected chi connectivity index (χ1v) is 6.86. The van der Waals surface area contributed by atoms with E-state index in [1.54, 1.807) is 0 Å². The Balaban J connectivity index is 1.92. The van der Waals surface area contributed by atoms with Crippen molar-refractivity contribution < 1.29 is 0 Å². The molecule has 10 heavy (non-hydrogen) atoms. The number of hydrogen-bond acceptors (Lipinski definition) is 0. The zero-order valence-electron chi connectivity index (χ0n) is 6.52. The van der Waals surface area contributed by atoms with Gasteiger partial charge in [-0.1, -0.05) is 32.6 Å². The Kier molecular flexibility index (Phi) is 1.81. The first-order chi connectivity index (χ1) is 4.79. The first kappa shape index (κ1) is 7.17. The molecule has 0 heterocycles. The van der Waals surface area contributed by atoms with Crippen LogP contribution in [0.4, 0.5) is 0 Å². The van der Waals surface area contributed by atoms with Gasteiger partial charge in [-0.2, -0.15) is 0 Å². The normalized spacial score (nSPS) is 29.1. The molecule has 2 aliphatic rings. The summed E-state index contributed by atoms with van der Waals surface area (Å²) in [5.74, 6) is 0. The predicted octanol–water partition coefficient (Wildman–Crippen LogP) is 2.71. The highest BCUT2D eigenvalue weighted by Gasteiger charge is 2.44. The third kappa shape index (κ3) is 1.40. The van der Waals surface area contributed by atoms with E-state index in [2.05, 4.69) is 6.92 Å². The van der Waals surface area contributed by atoms with Crippen molar-refractivity contribution in [2.24, 2.45) is 0 Å². The number of rotatable bonds is 3. The highest BCUT2D eigenvalue weighted by Crippen LogP contribution is 2.53. The SMILES string of the molecule is CC(Cl)[SiH](C1CC1)C1CC1. The van der Waals surface area contributed by atoms with Crippen LogP contribution in [0.2, 0.25) is 11.1 Å². The van der Waals surface area contributed by atoms with Gasteiger partial charge in [-0.05, 0) is 11.1 Å². The van der Waals surface area contributed by atoms with E-state index >= 15 is 0 Å². The van der Waals surface area contributed by atoms with Crippen molar-refractivity contribution >= 4 is 20.4 Å². The predicted molar refractivity (Wildman–Crippen MR) is 48.4 cm³/mol. The molecule has 2 aliphatic carbocycles. The molecule has 1 atom stereocenters. The van der Waals surface area contributed by atoms with Crippen molar-refractivity contribution in [3.63, 3.8) is 0 Å². The molecule has 2 heteroatoms. The molecule has 0 radical (unpaired) electrons. The maximum absolute atomic E-state index is 6.18. The van der Waals surface area contributed by atoms with Crippen LogP contribution in [0, 0.1) is 0 Å². The lowest BCUT2D eigenvalue weighted by Gasteiger charge is -2.15. The molecule has 0 spiro atoms. The van der Waals surface area contributed by atoms with Gasteiger partial charge in [-0.15, -0.1) is 11.6 Å². The second-order valence-corrected chi connectivity index (χ2v) is 9.08. The van der Waals surface area contributed by atoms with Crippen LogP contribution in [0.1, 0.15) is 32.6 Å². The molecule has 0 saturated heterocycles. The van der Waals surface area contributed by atoms with Crippen LogP contribution in [0.5, 0.6) is 0 Å². The van der Waals surface area contributed by atoms with Crippen LogP contribution >= 0.6 is 11.6 Å². The summed E-state index contributed by atoms with van der Waals surface area (Å²) in [7, 11) is -0.466. The summed E-state index contributed by atoms with van der Waals surface area (Å²) in [5, 5.41) is 0.569. The lowest BCUT2D eigenvalue weighted by atomic mass is 10.9. The third-order valence-electron chi connectivity index (χ3n) is 2.86. The van der Waals surface area contributed by atoms with Crippen molar-refractivity contribution in [3.8, 4) is 0 Å². The summed E-state index contributed by atoms with van der Waals surface area (Å²) in [5.41, 5.74) is 2.31. The topological polar surface area (TPSA) is 0 Å². The van der Waals surface area contributed by atoms with E-state index in [1.165, 1.54) is 25.7 Å². The second kappa shape index (κ2) is 2.52. The van der Waals surface area contributed by atoms with E-state index in [1.807, 2.05) is 0 Å². The number of halogens is 1. The molecule has 2 fully saturated rings. The molecule has 1 unspecified atom stereocenters. The van der Waals surface area contributed by atoms with Crippen LogP contribution in [0.3, 0.4) is 0 Å². The van der Waals surface area contributed by atoms with Gasteiger partial charge >= 0.3 is 0 Å². The Morgan fingerprint density at radius 2 is 1.60 bits per heavy atom. The molecular weight excluding hydrogens is 160 g/mol. The summed E-state index contributed by atoms with van der Waals surface area (Å²) in [6.07, 6.45) is 6.07. The Labute approximate surface area is 69.6 Å². The van der Waals surface area contributed by atoms with E-state index in [-0.39, 0.29) is 0 Å². The zero-order chi connectivity index (χ0) is 7.14. The van der Waals surface area contributed by atoms with E-state index in [0.29, 0.717) is 5.00 Å². The van der Waals surface area contributed by atoms with Gasteiger partial charge in [0.05, 0.1) is 8.80 Å². The molecule has 2 saturated carbocycles. The van der Waals surface area contributed by atoms with Gasteiger partial charge < -0.3 is 0 Å². The van der Waals surface area contributed by atoms with Gasteiger partial charge in [-0.25, -0.2) is 0 Å². The first-order valence-electron chi connectivity index (χ1n) is 4.43. The zero-order valence-corrected chi connectivity index (χ0v) is 8.43. The summed E-state index contributed by atoms with van der Waals surface area (Å²) in [6, 6.07) is 0. The molecule has 0 aromatic rings. The molecule has 0 nitrogen and oxygen atoms in total. The highest BCUT2D eigenvalue weighted by atomic mass is 35.5. The fourth-order valence-corrected chi connectivity index (χ4v) is 7.53. The smallest absolute Gasteiger partial charge is 0.0637 e. The van der Waals surface area contributed by atoms with Crippen molar-refractivity contribution in [2.45, 2.75) is 48.7 Å². The van der Waals surface area contributed by atoms with E-state index in [0.717, 1.165) is 11.1 Å². The Hall–Kier alpha value is 0.507. The molecule has 0 aliphatic heterocycles. The lowest BCUT2D eigenvalue weighted by molar-refractivity contribution is 1.16. The summed E-state index contributed by atoms with van der Waals surface area (Å²) in [6.45, 7) is 2.23. The van der Waals surface area contributed by atoms with E-state index in [9.17, 15) is 0 Å². The fraction of sp³-hybridized carbons (Fsp3) is 1.00. The van der Waals surface area contributed by atoms with Gasteiger partial charge in [0.15, 0.2) is 0 Å². The average Bonchev–Trinajstić information content (AvgIpc) is 2.49. The van der Waals surface area contributed by atoms with Gasteiger partial charge in [0, 0.05) is 5.00 Å². The number of hydrogen-bond donors (Lipinski definition) is 0. The number of alkyl halides is 1. The average molecular weight is 175 g/mol. The van der Waals surface area contributed by atoms with E-state index in [4.69, 9.17) is 11.6 Å². The summed E-state index contributed by atoms with van der Waals surface area (Å²) < 4.78 is 0. The highest BCUT2D eigenvalue weighted by molar-refractivity contribution is 6.73. The van der Waals surface area contributed by atoms with Gasteiger partial charge in [0.2, 0.25) is 0 Å². The van der Waals surface area contributed by atoms with Crippen molar-refractivity contribution in [3.05, 3.63) is 0 Å². The monoisotopic (exact) mass is 174 g/mol. The quantitative estimate of drug-likeness (QED) is 0.456. The molecule has 2 rings (SSSR count). The standard InChI is InChI=1S/C8H15ClSi/c1-6(9)10(7-2-3-7)8-4-5-8/h6-8,10H,2-5H2,1H3. The molecule has 0 bridgehead atoms. The van der Waals surface area contributed by atoms with Crippen molar-refractivity contribution in [1.82, 2.24) is 0 Å². The Morgan fingerprint density at radius 3 is 1.80 bits per heavy atom. The largest absolute Gasteiger partial charge is 0.127 e. The van der Waals surface area contributed by atoms with E-state index < -0.39 is 8.80 Å². The van der Waals surface area contributed by atoms with Gasteiger partial charge in [0.1, 0.15) is 0 Å². The summed E-state index contributed by atoms with van der Waals surface area (Å²) >= 11 is 6.18. The minimum atomic E-state index is -0.466. The maximum Gasteiger partial charge on any atom is 0.0637 e. The van der Waals surface area contributed by atoms with Gasteiger partial charge in [0.25, 0.3) is 0 Å². The summed E-state index contributed by atoms with van der Waals surface area (Å²) in [4.78, 5) is 0. The molecule has 0 N–H and O–H groups in total. The van der Waals surface area contributed by atoms with Crippen LogP contribution in [-0.4, -0.2) is 13.8 Å². The van der Waals surface area contributed by atoms with Crippen molar-refractivity contribution in [1.29, 1.82) is 0 Å². The molecule has 0 aromatic heterocycles. The minimum Gasteiger partial charge on any atom is -0.127 e. The second-order valence-electron chi connectivity index (χ2n) is 3.93. The Bertz CT molecular complexity index is 112. The molecule has 58 valence electrons. The van der Waals surface area contributed by atoms with Crippen LogP contribution < -0.4 is 0 Å². The van der Waals surface area contributed by atoms with Crippen LogP contribution in [-0.2, 0) is 0 Å². The molecular formula is C8H15ClSi. The fourth-order valence-electron chi connectivity index (χ4n) is 2.10. The Morgan fingerprint density at radius 1 is 1.20 bits per heavy atom.